The van der Waals surface area contributed by atoms with Gasteiger partial charge in [-0.2, -0.15) is 13.9 Å². The maximum absolute atomic E-state index is 14.4. The van der Waals surface area contributed by atoms with Crippen molar-refractivity contribution in [2.24, 2.45) is 0 Å². The molecule has 122 valence electrons. The molecule has 9 heteroatoms. The Kier molecular flexibility index (Phi) is 3.35. The molecule has 1 aromatic rings. The number of aliphatic hydroxyl groups is 1. The fourth-order valence-electron chi connectivity index (χ4n) is 3.09. The molecule has 0 bridgehead atoms. The monoisotopic (exact) mass is 319 g/mol. The van der Waals surface area contributed by atoms with E-state index in [1.165, 1.54) is 0 Å². The average Bonchev–Trinajstić information content (AvgIpc) is 2.77. The second kappa shape index (κ2) is 4.87. The van der Waals surface area contributed by atoms with Gasteiger partial charge in [-0.05, 0) is 6.42 Å². The molecule has 1 atom stereocenters. The number of halogens is 3. The molecule has 22 heavy (non-hydrogen) atoms. The molecule has 2 aliphatic heterocycles. The first-order valence-electron chi connectivity index (χ1n) is 6.99. The lowest BCUT2D eigenvalue weighted by Gasteiger charge is -2.25. The van der Waals surface area contributed by atoms with Gasteiger partial charge in [0.15, 0.2) is 0 Å². The van der Waals surface area contributed by atoms with Gasteiger partial charge in [-0.3, -0.25) is 4.68 Å². The largest absolute Gasteiger partial charge is 0.465 e. The summed E-state index contributed by atoms with van der Waals surface area (Å²) in [6, 6.07) is 0. The van der Waals surface area contributed by atoms with Crippen LogP contribution in [0.1, 0.15) is 29.8 Å². The van der Waals surface area contributed by atoms with E-state index in [2.05, 4.69) is 5.10 Å². The zero-order chi connectivity index (χ0) is 16.1. The van der Waals surface area contributed by atoms with Gasteiger partial charge in [0.25, 0.3) is 5.92 Å². The number of rotatable bonds is 1. The van der Waals surface area contributed by atoms with Gasteiger partial charge < -0.3 is 15.1 Å². The van der Waals surface area contributed by atoms with Crippen molar-refractivity contribution in [2.45, 2.75) is 43.9 Å². The Morgan fingerprint density at radius 3 is 2.73 bits per heavy atom. The smallest absolute Gasteiger partial charge is 0.407 e. The molecule has 2 N–H and O–H groups in total. The third kappa shape index (κ3) is 2.33. The molecule has 3 rings (SSSR count). The molecule has 1 aromatic heterocycles. The van der Waals surface area contributed by atoms with Crippen molar-refractivity contribution in [1.82, 2.24) is 14.7 Å². The van der Waals surface area contributed by atoms with E-state index in [4.69, 9.17) is 5.11 Å². The predicted octanol–water partition coefficient (Wildman–Crippen LogP) is 1.51. The number of hydrogen-bond acceptors (Lipinski definition) is 3. The van der Waals surface area contributed by atoms with Gasteiger partial charge in [0.05, 0.1) is 18.8 Å². The highest BCUT2D eigenvalue weighted by atomic mass is 19.3. The summed E-state index contributed by atoms with van der Waals surface area (Å²) < 4.78 is 42.8. The van der Waals surface area contributed by atoms with Crippen molar-refractivity contribution < 1.29 is 28.2 Å². The van der Waals surface area contributed by atoms with Crippen molar-refractivity contribution in [3.8, 4) is 0 Å². The highest BCUT2D eigenvalue weighted by Crippen LogP contribution is 2.42. The van der Waals surface area contributed by atoms with Gasteiger partial charge in [0, 0.05) is 24.9 Å². The molecule has 0 saturated heterocycles. The molecular formula is C13H16F3N3O3. The maximum atomic E-state index is 14.4. The third-order valence-corrected chi connectivity index (χ3v) is 4.32. The molecule has 2 aliphatic rings. The summed E-state index contributed by atoms with van der Waals surface area (Å²) >= 11 is 0. The fourth-order valence-corrected chi connectivity index (χ4v) is 3.09. The van der Waals surface area contributed by atoms with Crippen LogP contribution in [0.3, 0.4) is 0 Å². The minimum Gasteiger partial charge on any atom is -0.465 e. The summed E-state index contributed by atoms with van der Waals surface area (Å²) in [6.07, 6.45) is -2.02. The summed E-state index contributed by atoms with van der Waals surface area (Å²) in [5.74, 6) is -3.28. The minimum atomic E-state index is -3.28. The van der Waals surface area contributed by atoms with Gasteiger partial charge >= 0.3 is 6.09 Å². The third-order valence-electron chi connectivity index (χ3n) is 4.32. The van der Waals surface area contributed by atoms with Crippen molar-refractivity contribution in [2.75, 3.05) is 13.2 Å². The van der Waals surface area contributed by atoms with Gasteiger partial charge in [-0.1, -0.05) is 0 Å². The van der Waals surface area contributed by atoms with Crippen LogP contribution in [-0.4, -0.2) is 49.8 Å². The van der Waals surface area contributed by atoms with Crippen LogP contribution in [0.5, 0.6) is 0 Å². The summed E-state index contributed by atoms with van der Waals surface area (Å²) in [5.41, 5.74) is -1.68. The molecular weight excluding hydrogens is 303 g/mol. The van der Waals surface area contributed by atoms with Crippen LogP contribution < -0.4 is 0 Å². The molecule has 0 aromatic carbocycles. The van der Waals surface area contributed by atoms with Crippen LogP contribution in [0.2, 0.25) is 0 Å². The molecule has 0 aliphatic carbocycles. The number of carboxylic acid groups (broad SMARTS) is 1. The average molecular weight is 319 g/mol. The Morgan fingerprint density at radius 1 is 1.36 bits per heavy atom. The van der Waals surface area contributed by atoms with Gasteiger partial charge in [-0.25, -0.2) is 9.18 Å². The highest BCUT2D eigenvalue weighted by molar-refractivity contribution is 5.65. The molecule has 6 nitrogen and oxygen atoms in total. The van der Waals surface area contributed by atoms with E-state index in [0.29, 0.717) is 5.69 Å². The second-order valence-corrected chi connectivity index (χ2v) is 5.95. The summed E-state index contributed by atoms with van der Waals surface area (Å²) in [6.45, 7) is -1.47. The van der Waals surface area contributed by atoms with E-state index in [0.717, 1.165) is 9.58 Å². The fraction of sp³-hybridized carbons (Fsp3) is 0.692. The van der Waals surface area contributed by atoms with Crippen LogP contribution in [-0.2, 0) is 25.4 Å². The molecule has 1 amide bonds. The van der Waals surface area contributed by atoms with Gasteiger partial charge in [0.2, 0.25) is 0 Å². The Morgan fingerprint density at radius 2 is 2.09 bits per heavy atom. The van der Waals surface area contributed by atoms with Crippen LogP contribution in [0.15, 0.2) is 0 Å². The number of amides is 1. The number of carbonyl (C=O) groups is 1. The van der Waals surface area contributed by atoms with E-state index >= 15 is 0 Å². The topological polar surface area (TPSA) is 78.6 Å². The van der Waals surface area contributed by atoms with E-state index in [1.54, 1.807) is 0 Å². The SMILES string of the molecule is O=C(O)N1CCc2nn3c(c2C1)C(F)(F)CCC(O)(CF)C3. The van der Waals surface area contributed by atoms with Crippen LogP contribution in [0.4, 0.5) is 18.0 Å². The Labute approximate surface area is 124 Å². The van der Waals surface area contributed by atoms with Gasteiger partial charge in [0.1, 0.15) is 18.0 Å². The first kappa shape index (κ1) is 15.1. The Bertz CT molecular complexity index is 619. The highest BCUT2D eigenvalue weighted by Gasteiger charge is 2.47. The predicted molar refractivity (Wildman–Crippen MR) is 68.4 cm³/mol. The lowest BCUT2D eigenvalue weighted by Crippen LogP contribution is -2.36. The Hall–Kier alpha value is -1.77. The van der Waals surface area contributed by atoms with E-state index in [-0.39, 0.29) is 38.0 Å². The zero-order valence-corrected chi connectivity index (χ0v) is 11.7. The first-order valence-corrected chi connectivity index (χ1v) is 6.99. The lowest BCUT2D eigenvalue weighted by molar-refractivity contribution is -0.0474. The molecule has 1 unspecified atom stereocenters. The molecule has 0 fully saturated rings. The van der Waals surface area contributed by atoms with Crippen LogP contribution in [0.25, 0.3) is 0 Å². The van der Waals surface area contributed by atoms with E-state index < -0.39 is 36.4 Å². The zero-order valence-electron chi connectivity index (χ0n) is 11.7. The number of hydrogen-bond donors (Lipinski definition) is 2. The molecule has 3 heterocycles. The van der Waals surface area contributed by atoms with Crippen molar-refractivity contribution in [1.29, 1.82) is 0 Å². The van der Waals surface area contributed by atoms with Crippen molar-refractivity contribution in [3.63, 3.8) is 0 Å². The van der Waals surface area contributed by atoms with Crippen molar-refractivity contribution in [3.05, 3.63) is 17.0 Å². The quantitative estimate of drug-likeness (QED) is 0.822. The summed E-state index contributed by atoms with van der Waals surface area (Å²) in [4.78, 5) is 12.1. The maximum Gasteiger partial charge on any atom is 0.407 e. The number of fused-ring (bicyclic) bond motifs is 3. The molecule has 0 radical (unpaired) electrons. The number of aromatic nitrogens is 2. The summed E-state index contributed by atoms with van der Waals surface area (Å²) in [7, 11) is 0. The summed E-state index contributed by atoms with van der Waals surface area (Å²) in [5, 5.41) is 23.2. The van der Waals surface area contributed by atoms with E-state index in [9.17, 15) is 23.1 Å². The molecule has 0 saturated carbocycles. The number of alkyl halides is 3. The van der Waals surface area contributed by atoms with Gasteiger partial charge in [-0.15, -0.1) is 0 Å². The standard InChI is InChI=1S/C13H16F3N3O3/c14-6-12(22)2-3-13(15,16)10-8-5-18(11(20)21)4-1-9(8)17-19(10)7-12/h22H,1-7H2,(H,20,21). The Balaban J connectivity index is 2.07. The lowest BCUT2D eigenvalue weighted by atomic mass is 9.96. The normalized spacial score (nSPS) is 27.0. The second-order valence-electron chi connectivity index (χ2n) is 5.95. The first-order chi connectivity index (χ1) is 10.3. The molecule has 0 spiro atoms. The van der Waals surface area contributed by atoms with Crippen molar-refractivity contribution >= 4 is 6.09 Å². The van der Waals surface area contributed by atoms with E-state index in [1.807, 2.05) is 0 Å². The minimum absolute atomic E-state index is 0.163. The van der Waals surface area contributed by atoms with Crippen LogP contribution >= 0.6 is 0 Å². The van der Waals surface area contributed by atoms with Crippen LogP contribution in [0, 0.1) is 0 Å². The number of nitrogens with zero attached hydrogens (tertiary/aromatic N) is 3.